The summed E-state index contributed by atoms with van der Waals surface area (Å²) in [7, 11) is 0. The molecule has 0 aliphatic heterocycles. The molecule has 1 amide bonds. The van der Waals surface area contributed by atoms with E-state index >= 15 is 0 Å². The number of aromatic carboxylic acids is 1. The molecule has 21 heavy (non-hydrogen) atoms. The van der Waals surface area contributed by atoms with E-state index < -0.39 is 5.97 Å². The smallest absolute Gasteiger partial charge is 0.371 e. The molecule has 1 aromatic rings. The molecule has 1 aromatic heterocycles. The second kappa shape index (κ2) is 7.29. The van der Waals surface area contributed by atoms with E-state index in [4.69, 9.17) is 9.52 Å². The van der Waals surface area contributed by atoms with Gasteiger partial charge < -0.3 is 14.8 Å². The highest BCUT2D eigenvalue weighted by Gasteiger charge is 2.22. The minimum absolute atomic E-state index is 0.00125. The number of furan rings is 1. The summed E-state index contributed by atoms with van der Waals surface area (Å²) in [6.45, 7) is 2.38. The van der Waals surface area contributed by atoms with Crippen molar-refractivity contribution in [1.29, 1.82) is 0 Å². The largest absolute Gasteiger partial charge is 0.475 e. The van der Waals surface area contributed by atoms with Gasteiger partial charge in [0, 0.05) is 6.42 Å². The molecule has 2 N–H and O–H groups in total. The number of hydrogen-bond donors (Lipinski definition) is 2. The number of carbonyl (C=O) groups is 2. The number of carboxylic acids is 1. The highest BCUT2D eigenvalue weighted by atomic mass is 16.4. The maximum Gasteiger partial charge on any atom is 0.371 e. The number of carbonyl (C=O) groups excluding carboxylic acids is 1. The Kier molecular flexibility index (Phi) is 5.42. The van der Waals surface area contributed by atoms with Crippen LogP contribution in [0.3, 0.4) is 0 Å². The van der Waals surface area contributed by atoms with Crippen molar-refractivity contribution in [2.75, 3.05) is 0 Å². The van der Waals surface area contributed by atoms with E-state index in [1.54, 1.807) is 6.07 Å². The van der Waals surface area contributed by atoms with Crippen LogP contribution in [-0.2, 0) is 11.3 Å². The van der Waals surface area contributed by atoms with E-state index in [1.807, 2.05) is 0 Å². The van der Waals surface area contributed by atoms with Crippen LogP contribution in [0.25, 0.3) is 0 Å². The molecule has 1 fully saturated rings. The van der Waals surface area contributed by atoms with Gasteiger partial charge in [-0.15, -0.1) is 0 Å². The summed E-state index contributed by atoms with van der Waals surface area (Å²) in [6, 6.07) is 2.97. The van der Waals surface area contributed by atoms with Crippen molar-refractivity contribution in [1.82, 2.24) is 5.32 Å². The average Bonchev–Trinajstić information content (AvgIpc) is 2.95. The van der Waals surface area contributed by atoms with Gasteiger partial charge in [-0.3, -0.25) is 4.79 Å². The number of rotatable bonds is 6. The predicted octanol–water partition coefficient (Wildman–Crippen LogP) is 3.20. The van der Waals surface area contributed by atoms with Gasteiger partial charge in [-0.1, -0.05) is 39.0 Å². The lowest BCUT2D eigenvalue weighted by molar-refractivity contribution is -0.122. The van der Waals surface area contributed by atoms with Gasteiger partial charge in [0.05, 0.1) is 6.54 Å². The van der Waals surface area contributed by atoms with E-state index in [9.17, 15) is 9.59 Å². The third-order valence-corrected chi connectivity index (χ3v) is 4.29. The molecule has 0 radical (unpaired) electrons. The van der Waals surface area contributed by atoms with Crippen LogP contribution in [-0.4, -0.2) is 17.0 Å². The molecule has 5 heteroatoms. The molecular formula is C16H23NO4. The van der Waals surface area contributed by atoms with Gasteiger partial charge in [0.1, 0.15) is 5.76 Å². The maximum atomic E-state index is 11.9. The van der Waals surface area contributed by atoms with Crippen LogP contribution >= 0.6 is 0 Å². The summed E-state index contributed by atoms with van der Waals surface area (Å²) in [4.78, 5) is 22.6. The standard InChI is InChI=1S/C16H23NO4/c1-11(12-5-3-2-4-6-12)9-15(18)17-10-13-7-8-14(21-13)16(19)20/h7-8,11-12H,2-6,9-10H2,1H3,(H,17,18)(H,19,20). The Hall–Kier alpha value is -1.78. The lowest BCUT2D eigenvalue weighted by Crippen LogP contribution is -2.27. The summed E-state index contributed by atoms with van der Waals surface area (Å²) in [5, 5.41) is 11.6. The molecule has 0 bridgehead atoms. The van der Waals surface area contributed by atoms with Crippen molar-refractivity contribution < 1.29 is 19.1 Å². The summed E-state index contributed by atoms with van der Waals surface area (Å²) >= 11 is 0. The van der Waals surface area contributed by atoms with Crippen LogP contribution in [0.15, 0.2) is 16.5 Å². The number of nitrogens with one attached hydrogen (secondary N) is 1. The van der Waals surface area contributed by atoms with Gasteiger partial charge in [-0.2, -0.15) is 0 Å². The van der Waals surface area contributed by atoms with Crippen LogP contribution in [0.4, 0.5) is 0 Å². The molecule has 5 nitrogen and oxygen atoms in total. The maximum absolute atomic E-state index is 11.9. The van der Waals surface area contributed by atoms with Gasteiger partial charge in [0.15, 0.2) is 0 Å². The van der Waals surface area contributed by atoms with E-state index in [0.717, 1.165) is 0 Å². The fourth-order valence-electron chi connectivity index (χ4n) is 3.01. The van der Waals surface area contributed by atoms with Crippen molar-refractivity contribution in [3.63, 3.8) is 0 Å². The first-order chi connectivity index (χ1) is 10.1. The molecular weight excluding hydrogens is 270 g/mol. The average molecular weight is 293 g/mol. The first kappa shape index (κ1) is 15.6. The van der Waals surface area contributed by atoms with Crippen molar-refractivity contribution in [2.24, 2.45) is 11.8 Å². The predicted molar refractivity (Wildman–Crippen MR) is 77.9 cm³/mol. The Morgan fingerprint density at radius 3 is 2.67 bits per heavy atom. The Morgan fingerprint density at radius 1 is 1.33 bits per heavy atom. The van der Waals surface area contributed by atoms with E-state index in [-0.39, 0.29) is 18.2 Å². The van der Waals surface area contributed by atoms with Gasteiger partial charge in [0.2, 0.25) is 11.7 Å². The summed E-state index contributed by atoms with van der Waals surface area (Å²) < 4.78 is 5.10. The third kappa shape index (κ3) is 4.62. The van der Waals surface area contributed by atoms with Gasteiger partial charge >= 0.3 is 5.97 Å². The van der Waals surface area contributed by atoms with Crippen LogP contribution in [0.2, 0.25) is 0 Å². The summed E-state index contributed by atoms with van der Waals surface area (Å²) in [5.41, 5.74) is 0. The Morgan fingerprint density at radius 2 is 2.05 bits per heavy atom. The molecule has 0 aromatic carbocycles. The molecule has 0 saturated heterocycles. The van der Waals surface area contributed by atoms with Gasteiger partial charge in [-0.25, -0.2) is 4.79 Å². The normalized spacial score (nSPS) is 17.4. The Bertz CT molecular complexity index is 488. The lowest BCUT2D eigenvalue weighted by atomic mass is 9.79. The Balaban J connectivity index is 1.74. The number of hydrogen-bond acceptors (Lipinski definition) is 3. The van der Waals surface area contributed by atoms with Crippen LogP contribution in [0, 0.1) is 11.8 Å². The molecule has 0 spiro atoms. The summed E-state index contributed by atoms with van der Waals surface area (Å²) in [6.07, 6.45) is 6.86. The summed E-state index contributed by atoms with van der Waals surface area (Å²) in [5.74, 6) is 0.323. The minimum atomic E-state index is -1.10. The fourth-order valence-corrected chi connectivity index (χ4v) is 3.01. The molecule has 1 atom stereocenters. The van der Waals surface area contributed by atoms with Crippen molar-refractivity contribution >= 4 is 11.9 Å². The molecule has 2 rings (SSSR count). The topological polar surface area (TPSA) is 79.5 Å². The zero-order valence-electron chi connectivity index (χ0n) is 12.4. The van der Waals surface area contributed by atoms with E-state index in [0.29, 0.717) is 24.0 Å². The van der Waals surface area contributed by atoms with E-state index in [2.05, 4.69) is 12.2 Å². The van der Waals surface area contributed by atoms with Gasteiger partial charge in [-0.05, 0) is 24.0 Å². The second-order valence-corrected chi connectivity index (χ2v) is 5.93. The highest BCUT2D eigenvalue weighted by molar-refractivity contribution is 5.84. The highest BCUT2D eigenvalue weighted by Crippen LogP contribution is 2.31. The zero-order valence-corrected chi connectivity index (χ0v) is 12.4. The fraction of sp³-hybridized carbons (Fsp3) is 0.625. The Labute approximate surface area is 124 Å². The molecule has 1 heterocycles. The third-order valence-electron chi connectivity index (χ3n) is 4.29. The second-order valence-electron chi connectivity index (χ2n) is 5.93. The van der Waals surface area contributed by atoms with Crippen molar-refractivity contribution in [3.8, 4) is 0 Å². The minimum Gasteiger partial charge on any atom is -0.475 e. The van der Waals surface area contributed by atoms with Crippen LogP contribution < -0.4 is 5.32 Å². The number of amides is 1. The molecule has 116 valence electrons. The molecule has 1 unspecified atom stereocenters. The first-order valence-electron chi connectivity index (χ1n) is 7.65. The van der Waals surface area contributed by atoms with E-state index in [1.165, 1.54) is 38.2 Å². The van der Waals surface area contributed by atoms with Gasteiger partial charge in [0.25, 0.3) is 0 Å². The zero-order chi connectivity index (χ0) is 15.2. The quantitative estimate of drug-likeness (QED) is 0.844. The van der Waals surface area contributed by atoms with Crippen molar-refractivity contribution in [3.05, 3.63) is 23.7 Å². The lowest BCUT2D eigenvalue weighted by Gasteiger charge is -2.27. The van der Waals surface area contributed by atoms with Crippen molar-refractivity contribution in [2.45, 2.75) is 52.0 Å². The van der Waals surface area contributed by atoms with Crippen LogP contribution in [0.1, 0.15) is 61.8 Å². The SMILES string of the molecule is CC(CC(=O)NCc1ccc(C(=O)O)o1)C1CCCCC1. The molecule has 1 saturated carbocycles. The molecule has 1 aliphatic rings. The first-order valence-corrected chi connectivity index (χ1v) is 7.65. The number of carboxylic acid groups (broad SMARTS) is 1. The van der Waals surface area contributed by atoms with Crippen LogP contribution in [0.5, 0.6) is 0 Å². The monoisotopic (exact) mass is 293 g/mol. The molecule has 1 aliphatic carbocycles.